The van der Waals surface area contributed by atoms with Crippen molar-refractivity contribution < 1.29 is 5.11 Å². The van der Waals surface area contributed by atoms with Crippen LogP contribution in [0.25, 0.3) is 0 Å². The molecule has 0 aliphatic rings. The third-order valence-corrected chi connectivity index (χ3v) is 2.29. The van der Waals surface area contributed by atoms with Crippen molar-refractivity contribution in [1.29, 1.82) is 0 Å². The second-order valence-electron chi connectivity index (χ2n) is 2.61. The predicted octanol–water partition coefficient (Wildman–Crippen LogP) is 1.13. The number of nitrogens with two attached hydrogens (primary N) is 1. The van der Waals surface area contributed by atoms with E-state index in [1.807, 2.05) is 6.07 Å². The maximum Gasteiger partial charge on any atom is 0.0585 e. The SMILES string of the molecule is Cl.NC(CO)Cc1ccncc1Br. The van der Waals surface area contributed by atoms with Gasteiger partial charge in [0.1, 0.15) is 0 Å². The Labute approximate surface area is 91.9 Å². The lowest BCUT2D eigenvalue weighted by Gasteiger charge is -2.08. The van der Waals surface area contributed by atoms with Crippen LogP contribution in [0.5, 0.6) is 0 Å². The molecule has 1 atom stereocenters. The fourth-order valence-corrected chi connectivity index (χ4v) is 1.33. The second-order valence-corrected chi connectivity index (χ2v) is 3.47. The molecule has 1 aromatic rings. The van der Waals surface area contributed by atoms with Crippen LogP contribution in [-0.2, 0) is 6.42 Å². The maximum absolute atomic E-state index is 8.73. The van der Waals surface area contributed by atoms with Gasteiger partial charge in [-0.25, -0.2) is 0 Å². The van der Waals surface area contributed by atoms with Gasteiger partial charge in [0.05, 0.1) is 6.61 Å². The predicted molar refractivity (Wildman–Crippen MR) is 58.0 cm³/mol. The van der Waals surface area contributed by atoms with Gasteiger partial charge in [-0.1, -0.05) is 0 Å². The van der Waals surface area contributed by atoms with Crippen molar-refractivity contribution in [2.75, 3.05) is 6.61 Å². The van der Waals surface area contributed by atoms with Gasteiger partial charge in [0, 0.05) is 22.9 Å². The van der Waals surface area contributed by atoms with Crippen LogP contribution in [0.2, 0.25) is 0 Å². The van der Waals surface area contributed by atoms with Crippen molar-refractivity contribution in [2.45, 2.75) is 12.5 Å². The molecule has 3 N–H and O–H groups in total. The normalized spacial score (nSPS) is 11.9. The molecule has 0 saturated carbocycles. The molecule has 0 radical (unpaired) electrons. The van der Waals surface area contributed by atoms with Crippen LogP contribution in [0.1, 0.15) is 5.56 Å². The topological polar surface area (TPSA) is 59.1 Å². The molecule has 0 bridgehead atoms. The summed E-state index contributed by atoms with van der Waals surface area (Å²) in [6, 6.07) is 1.70. The number of nitrogens with zero attached hydrogens (tertiary/aromatic N) is 1. The molecule has 0 aliphatic carbocycles. The molecule has 0 aliphatic heterocycles. The average molecular weight is 268 g/mol. The molecule has 1 rings (SSSR count). The van der Waals surface area contributed by atoms with Crippen LogP contribution in [0, 0.1) is 0 Å². The molecule has 1 aromatic heterocycles. The largest absolute Gasteiger partial charge is 0.395 e. The van der Waals surface area contributed by atoms with Crippen molar-refractivity contribution in [3.05, 3.63) is 28.5 Å². The van der Waals surface area contributed by atoms with Gasteiger partial charge in [-0.05, 0) is 34.0 Å². The molecule has 13 heavy (non-hydrogen) atoms. The Hall–Kier alpha value is -0.160. The zero-order valence-corrected chi connectivity index (χ0v) is 9.38. The molecule has 1 heterocycles. The number of halogens is 2. The summed E-state index contributed by atoms with van der Waals surface area (Å²) in [5.74, 6) is 0. The minimum absolute atomic E-state index is 0. The Kier molecular flexibility index (Phi) is 6.24. The van der Waals surface area contributed by atoms with E-state index in [4.69, 9.17) is 10.8 Å². The average Bonchev–Trinajstić information content (AvgIpc) is 2.09. The lowest BCUT2D eigenvalue weighted by molar-refractivity contribution is 0.265. The summed E-state index contributed by atoms with van der Waals surface area (Å²) >= 11 is 3.35. The standard InChI is InChI=1S/C8H11BrN2O.ClH/c9-8-4-11-2-1-6(8)3-7(10)5-12;/h1-2,4,7,12H,3,5,10H2;1H. The Morgan fingerprint density at radius 3 is 2.85 bits per heavy atom. The quantitative estimate of drug-likeness (QED) is 0.863. The van der Waals surface area contributed by atoms with Gasteiger partial charge < -0.3 is 10.8 Å². The van der Waals surface area contributed by atoms with Gasteiger partial charge in [0.2, 0.25) is 0 Å². The fourth-order valence-electron chi connectivity index (χ4n) is 0.917. The van der Waals surface area contributed by atoms with E-state index < -0.39 is 0 Å². The maximum atomic E-state index is 8.73. The number of hydrogen-bond acceptors (Lipinski definition) is 3. The van der Waals surface area contributed by atoms with Crippen LogP contribution < -0.4 is 5.73 Å². The summed E-state index contributed by atoms with van der Waals surface area (Å²) in [4.78, 5) is 3.93. The van der Waals surface area contributed by atoms with Crippen molar-refractivity contribution in [3.63, 3.8) is 0 Å². The molecule has 0 saturated heterocycles. The van der Waals surface area contributed by atoms with Gasteiger partial charge in [0.25, 0.3) is 0 Å². The van der Waals surface area contributed by atoms with Crippen molar-refractivity contribution >= 4 is 28.3 Å². The van der Waals surface area contributed by atoms with Gasteiger partial charge in [-0.15, -0.1) is 12.4 Å². The summed E-state index contributed by atoms with van der Waals surface area (Å²) in [5.41, 5.74) is 6.66. The zero-order valence-electron chi connectivity index (χ0n) is 6.98. The van der Waals surface area contributed by atoms with Crippen molar-refractivity contribution in [2.24, 2.45) is 5.73 Å². The fraction of sp³-hybridized carbons (Fsp3) is 0.375. The molecule has 0 amide bonds. The van der Waals surface area contributed by atoms with Gasteiger partial charge in [-0.3, -0.25) is 4.98 Å². The lowest BCUT2D eigenvalue weighted by Crippen LogP contribution is -2.26. The van der Waals surface area contributed by atoms with Crippen LogP contribution in [0.15, 0.2) is 22.9 Å². The molecular formula is C8H12BrClN2O. The highest BCUT2D eigenvalue weighted by Crippen LogP contribution is 2.15. The van der Waals surface area contributed by atoms with Crippen LogP contribution >= 0.6 is 28.3 Å². The minimum Gasteiger partial charge on any atom is -0.395 e. The summed E-state index contributed by atoms with van der Waals surface area (Å²) < 4.78 is 0.939. The van der Waals surface area contributed by atoms with E-state index in [1.54, 1.807) is 12.4 Å². The van der Waals surface area contributed by atoms with E-state index in [0.717, 1.165) is 10.0 Å². The molecule has 3 nitrogen and oxygen atoms in total. The van der Waals surface area contributed by atoms with E-state index in [1.165, 1.54) is 0 Å². The van der Waals surface area contributed by atoms with Crippen LogP contribution in [0.3, 0.4) is 0 Å². The van der Waals surface area contributed by atoms with E-state index >= 15 is 0 Å². The third kappa shape index (κ3) is 4.04. The van der Waals surface area contributed by atoms with Crippen LogP contribution in [-0.4, -0.2) is 22.7 Å². The molecule has 1 unspecified atom stereocenters. The summed E-state index contributed by atoms with van der Waals surface area (Å²) in [6.07, 6.45) is 4.10. The highest BCUT2D eigenvalue weighted by atomic mass is 79.9. The van der Waals surface area contributed by atoms with Crippen molar-refractivity contribution in [1.82, 2.24) is 4.98 Å². The van der Waals surface area contributed by atoms with Gasteiger partial charge in [-0.2, -0.15) is 0 Å². The lowest BCUT2D eigenvalue weighted by atomic mass is 10.1. The number of aliphatic hydroxyl groups is 1. The number of hydrogen-bond donors (Lipinski definition) is 2. The third-order valence-electron chi connectivity index (χ3n) is 1.57. The summed E-state index contributed by atoms with van der Waals surface area (Å²) in [7, 11) is 0. The van der Waals surface area contributed by atoms with Crippen molar-refractivity contribution in [3.8, 4) is 0 Å². The molecule has 0 spiro atoms. The summed E-state index contributed by atoms with van der Waals surface area (Å²) in [5, 5.41) is 8.73. The van der Waals surface area contributed by atoms with E-state index in [2.05, 4.69) is 20.9 Å². The Morgan fingerprint density at radius 2 is 2.31 bits per heavy atom. The number of aliphatic hydroxyl groups excluding tert-OH is 1. The molecule has 0 fully saturated rings. The minimum atomic E-state index is -0.191. The highest BCUT2D eigenvalue weighted by Gasteiger charge is 2.04. The number of pyridine rings is 1. The first kappa shape index (κ1) is 12.8. The number of aromatic nitrogens is 1. The molecule has 5 heteroatoms. The van der Waals surface area contributed by atoms with E-state index in [9.17, 15) is 0 Å². The molecule has 74 valence electrons. The van der Waals surface area contributed by atoms with Gasteiger partial charge in [0.15, 0.2) is 0 Å². The Balaban J connectivity index is 0.00000144. The highest BCUT2D eigenvalue weighted by molar-refractivity contribution is 9.10. The zero-order chi connectivity index (χ0) is 8.97. The number of rotatable bonds is 3. The first-order valence-electron chi connectivity index (χ1n) is 3.69. The second kappa shape index (κ2) is 6.32. The van der Waals surface area contributed by atoms with Gasteiger partial charge >= 0.3 is 0 Å². The van der Waals surface area contributed by atoms with E-state index in [0.29, 0.717) is 6.42 Å². The van der Waals surface area contributed by atoms with E-state index in [-0.39, 0.29) is 25.1 Å². The monoisotopic (exact) mass is 266 g/mol. The summed E-state index contributed by atoms with van der Waals surface area (Å²) in [6.45, 7) is 0.00869. The first-order chi connectivity index (χ1) is 5.74. The Bertz CT molecular complexity index is 260. The molecular weight excluding hydrogens is 255 g/mol. The van der Waals surface area contributed by atoms with Crippen LogP contribution in [0.4, 0.5) is 0 Å². The first-order valence-corrected chi connectivity index (χ1v) is 4.48. The smallest absolute Gasteiger partial charge is 0.0585 e. The molecule has 0 aromatic carbocycles. The Morgan fingerprint density at radius 1 is 1.62 bits per heavy atom.